The smallest absolute Gasteiger partial charge is 0.336 e. The Hall–Kier alpha value is -3.98. The number of phenolic OH excluding ortho intramolecular Hbond substituents is 1. The molecule has 0 fully saturated rings. The maximum atomic E-state index is 13.9. The number of benzene rings is 2. The fraction of sp³-hybridized carbons (Fsp3) is 0.419. The molecule has 0 saturated carbocycles. The number of allylic oxidation sites excluding steroid dienone is 3. The van der Waals surface area contributed by atoms with E-state index in [9.17, 15) is 14.7 Å². The quantitative estimate of drug-likeness (QED) is 0.302. The summed E-state index contributed by atoms with van der Waals surface area (Å²) in [5.74, 6) is 0.113. The molecule has 40 heavy (non-hydrogen) atoms. The molecule has 1 aliphatic heterocycles. The summed E-state index contributed by atoms with van der Waals surface area (Å²) in [6.07, 6.45) is 0.822. The Balaban J connectivity index is 1.75. The highest BCUT2D eigenvalue weighted by atomic mass is 16.6. The van der Waals surface area contributed by atoms with Crippen molar-refractivity contribution in [2.24, 2.45) is 0 Å². The standard InChI is InChI=1S/C31H37NO8/c1-6-38-12-13-40-31(35)28-18(3)32-22-14-21(19-9-11-25(36-4)27(16-19)37-5)15-24(34)30(22)29(28)20-8-10-23(33)26(17-20)39-7-2/h8-11,16-17,21,29,32-33H,6-7,12-15H2,1-5H3/t21-,29+/m1/s1. The molecule has 0 radical (unpaired) electrons. The summed E-state index contributed by atoms with van der Waals surface area (Å²) < 4.78 is 27.4. The number of carbonyl (C=O) groups is 2. The number of hydrogen-bond donors (Lipinski definition) is 2. The van der Waals surface area contributed by atoms with Crippen LogP contribution in [0.15, 0.2) is 58.9 Å². The molecule has 0 unspecified atom stereocenters. The van der Waals surface area contributed by atoms with Crippen LogP contribution in [0.4, 0.5) is 0 Å². The van der Waals surface area contributed by atoms with Gasteiger partial charge in [0.1, 0.15) is 6.61 Å². The normalized spacial score (nSPS) is 18.7. The molecular formula is C31H37NO8. The van der Waals surface area contributed by atoms with Crippen LogP contribution in [0.1, 0.15) is 56.6 Å². The maximum Gasteiger partial charge on any atom is 0.336 e. The van der Waals surface area contributed by atoms with Gasteiger partial charge in [0.2, 0.25) is 0 Å². The molecule has 1 heterocycles. The van der Waals surface area contributed by atoms with Gasteiger partial charge in [-0.25, -0.2) is 4.79 Å². The van der Waals surface area contributed by atoms with Crippen LogP contribution in [0.2, 0.25) is 0 Å². The lowest BCUT2D eigenvalue weighted by Crippen LogP contribution is -2.36. The van der Waals surface area contributed by atoms with Crippen molar-refractivity contribution in [2.45, 2.75) is 45.4 Å². The van der Waals surface area contributed by atoms with Gasteiger partial charge in [-0.1, -0.05) is 12.1 Å². The van der Waals surface area contributed by atoms with Crippen LogP contribution < -0.4 is 19.5 Å². The Kier molecular flexibility index (Phi) is 9.37. The summed E-state index contributed by atoms with van der Waals surface area (Å²) in [7, 11) is 3.17. The molecule has 4 rings (SSSR count). The molecule has 0 spiro atoms. The zero-order valence-corrected chi connectivity index (χ0v) is 23.7. The summed E-state index contributed by atoms with van der Waals surface area (Å²) in [5, 5.41) is 13.7. The van der Waals surface area contributed by atoms with Crippen LogP contribution >= 0.6 is 0 Å². The predicted molar refractivity (Wildman–Crippen MR) is 149 cm³/mol. The largest absolute Gasteiger partial charge is 0.504 e. The van der Waals surface area contributed by atoms with Gasteiger partial charge in [-0.05, 0) is 68.5 Å². The van der Waals surface area contributed by atoms with Gasteiger partial charge in [-0.15, -0.1) is 0 Å². The second-order valence-corrected chi connectivity index (χ2v) is 9.62. The summed E-state index contributed by atoms with van der Waals surface area (Å²) in [6.45, 7) is 6.74. The van der Waals surface area contributed by atoms with Gasteiger partial charge in [0.25, 0.3) is 0 Å². The van der Waals surface area contributed by atoms with Crippen LogP contribution in [0.25, 0.3) is 0 Å². The zero-order valence-electron chi connectivity index (χ0n) is 23.7. The number of rotatable bonds is 11. The third-order valence-corrected chi connectivity index (χ3v) is 7.21. The van der Waals surface area contributed by atoms with Gasteiger partial charge in [0.15, 0.2) is 28.8 Å². The van der Waals surface area contributed by atoms with Crippen molar-refractivity contribution < 1.29 is 38.4 Å². The molecule has 2 aromatic carbocycles. The molecule has 1 aliphatic carbocycles. The third-order valence-electron chi connectivity index (χ3n) is 7.21. The van der Waals surface area contributed by atoms with Crippen LogP contribution in [-0.4, -0.2) is 57.5 Å². The first-order valence-corrected chi connectivity index (χ1v) is 13.5. The number of Topliss-reactive ketones (excluding diaryl/α,β-unsaturated/α-hetero) is 1. The Labute approximate surface area is 234 Å². The summed E-state index contributed by atoms with van der Waals surface area (Å²) in [6, 6.07) is 10.6. The van der Waals surface area contributed by atoms with E-state index in [4.69, 9.17) is 23.7 Å². The lowest BCUT2D eigenvalue weighted by molar-refractivity contribution is -0.140. The molecule has 0 saturated heterocycles. The molecule has 2 aromatic rings. The topological polar surface area (TPSA) is 113 Å². The second kappa shape index (κ2) is 12.9. The predicted octanol–water partition coefficient (Wildman–Crippen LogP) is 4.75. The Morgan fingerprint density at radius 2 is 1.68 bits per heavy atom. The van der Waals surface area contributed by atoms with Gasteiger partial charge < -0.3 is 34.1 Å². The molecule has 2 atom stereocenters. The van der Waals surface area contributed by atoms with Crippen molar-refractivity contribution >= 4 is 11.8 Å². The van der Waals surface area contributed by atoms with E-state index in [-0.39, 0.29) is 42.8 Å². The average molecular weight is 552 g/mol. The lowest BCUT2D eigenvalue weighted by atomic mass is 9.71. The fourth-order valence-corrected chi connectivity index (χ4v) is 5.38. The van der Waals surface area contributed by atoms with Crippen molar-refractivity contribution in [1.29, 1.82) is 0 Å². The van der Waals surface area contributed by atoms with Crippen LogP contribution in [0.3, 0.4) is 0 Å². The average Bonchev–Trinajstić information content (AvgIpc) is 2.95. The molecule has 2 aliphatic rings. The molecule has 9 nitrogen and oxygen atoms in total. The molecular weight excluding hydrogens is 514 g/mol. The molecule has 9 heteroatoms. The van der Waals surface area contributed by atoms with Crippen molar-refractivity contribution in [3.63, 3.8) is 0 Å². The fourth-order valence-electron chi connectivity index (χ4n) is 5.38. The number of ether oxygens (including phenoxy) is 5. The van der Waals surface area contributed by atoms with Gasteiger partial charge in [0.05, 0.1) is 33.0 Å². The zero-order chi connectivity index (χ0) is 28.8. The number of dihydropyridines is 1. The van der Waals surface area contributed by atoms with Crippen molar-refractivity contribution in [2.75, 3.05) is 40.6 Å². The second-order valence-electron chi connectivity index (χ2n) is 9.62. The van der Waals surface area contributed by atoms with Gasteiger partial charge in [-0.3, -0.25) is 4.79 Å². The van der Waals surface area contributed by atoms with E-state index in [1.165, 1.54) is 6.07 Å². The summed E-state index contributed by atoms with van der Waals surface area (Å²) in [5.41, 5.74) is 3.85. The highest BCUT2D eigenvalue weighted by molar-refractivity contribution is 6.04. The number of carbonyl (C=O) groups excluding carboxylic acids is 2. The number of phenols is 1. The van der Waals surface area contributed by atoms with E-state index in [0.29, 0.717) is 53.5 Å². The first-order chi connectivity index (χ1) is 19.3. The number of ketones is 1. The van der Waals surface area contributed by atoms with Crippen LogP contribution in [0, 0.1) is 0 Å². The minimum atomic E-state index is -0.686. The van der Waals surface area contributed by atoms with E-state index >= 15 is 0 Å². The number of nitrogens with one attached hydrogen (secondary N) is 1. The van der Waals surface area contributed by atoms with Crippen molar-refractivity contribution in [1.82, 2.24) is 5.32 Å². The summed E-state index contributed by atoms with van der Waals surface area (Å²) in [4.78, 5) is 27.3. The number of methoxy groups -OCH3 is 2. The maximum absolute atomic E-state index is 13.9. The van der Waals surface area contributed by atoms with E-state index in [1.54, 1.807) is 26.4 Å². The van der Waals surface area contributed by atoms with E-state index < -0.39 is 11.9 Å². The Morgan fingerprint density at radius 3 is 2.38 bits per heavy atom. The van der Waals surface area contributed by atoms with Crippen LogP contribution in [0.5, 0.6) is 23.0 Å². The molecule has 0 amide bonds. The Morgan fingerprint density at radius 1 is 0.950 bits per heavy atom. The minimum Gasteiger partial charge on any atom is -0.504 e. The molecule has 214 valence electrons. The monoisotopic (exact) mass is 551 g/mol. The lowest BCUT2D eigenvalue weighted by Gasteiger charge is -2.37. The number of aromatic hydroxyl groups is 1. The summed E-state index contributed by atoms with van der Waals surface area (Å²) >= 11 is 0. The first-order valence-electron chi connectivity index (χ1n) is 13.5. The van der Waals surface area contributed by atoms with Gasteiger partial charge >= 0.3 is 5.97 Å². The minimum absolute atomic E-state index is 0.0150. The highest BCUT2D eigenvalue weighted by Gasteiger charge is 2.41. The van der Waals surface area contributed by atoms with Gasteiger partial charge in [-0.2, -0.15) is 0 Å². The number of esters is 1. The van der Waals surface area contributed by atoms with E-state index in [0.717, 1.165) is 11.3 Å². The molecule has 2 N–H and O–H groups in total. The molecule has 0 aromatic heterocycles. The van der Waals surface area contributed by atoms with E-state index in [2.05, 4.69) is 5.32 Å². The van der Waals surface area contributed by atoms with Gasteiger partial charge in [0, 0.05) is 35.9 Å². The van der Waals surface area contributed by atoms with E-state index in [1.807, 2.05) is 39.0 Å². The first kappa shape index (κ1) is 29.0. The third kappa shape index (κ3) is 5.94. The number of hydrogen-bond acceptors (Lipinski definition) is 9. The van der Waals surface area contributed by atoms with Crippen molar-refractivity contribution in [3.8, 4) is 23.0 Å². The van der Waals surface area contributed by atoms with Crippen molar-refractivity contribution in [3.05, 3.63) is 70.1 Å². The SMILES string of the molecule is CCOCCOC(=O)C1=C(C)NC2=C(C(=O)C[C@H](c3ccc(OC)c(OC)c3)C2)[C@H]1c1ccc(O)c(OCC)c1. The Bertz CT molecular complexity index is 1330. The molecule has 0 bridgehead atoms. The highest BCUT2D eigenvalue weighted by Crippen LogP contribution is 2.47. The van der Waals surface area contributed by atoms with Crippen LogP contribution in [-0.2, 0) is 19.1 Å².